The van der Waals surface area contributed by atoms with Crippen LogP contribution in [0.3, 0.4) is 0 Å². The highest BCUT2D eigenvalue weighted by Crippen LogP contribution is 2.39. The Morgan fingerprint density at radius 1 is 0.649 bits per heavy atom. The third-order valence-electron chi connectivity index (χ3n) is 6.93. The summed E-state index contributed by atoms with van der Waals surface area (Å²) in [6, 6.07) is 34.5. The van der Waals surface area contributed by atoms with Crippen LogP contribution < -0.4 is 5.56 Å². The molecule has 5 heteroatoms. The molecule has 4 nitrogen and oxygen atoms in total. The summed E-state index contributed by atoms with van der Waals surface area (Å²) in [7, 11) is 0. The first-order valence-electron chi connectivity index (χ1n) is 12.1. The smallest absolute Gasteiger partial charge is 0.256 e. The van der Waals surface area contributed by atoms with Gasteiger partial charge < -0.3 is 9.97 Å². The molecule has 0 saturated carbocycles. The SMILES string of the molecule is O=c1[nH]ccc2c3[nH]c(-c4ccccc4Cl)nc3c3ccc(-c4ccccc4-c4ccccc4)cc3c12. The first-order valence-corrected chi connectivity index (χ1v) is 12.4. The number of aromatic nitrogens is 3. The molecule has 2 heterocycles. The number of nitrogens with one attached hydrogen (secondary N) is 2. The lowest BCUT2D eigenvalue weighted by Gasteiger charge is -2.12. The maximum absolute atomic E-state index is 13.2. The second-order valence-electron chi connectivity index (χ2n) is 9.06. The molecular weight excluding hydrogens is 478 g/mol. The highest BCUT2D eigenvalue weighted by atomic mass is 35.5. The largest absolute Gasteiger partial charge is 0.337 e. The van der Waals surface area contributed by atoms with Crippen molar-refractivity contribution in [3.05, 3.63) is 125 Å². The fraction of sp³-hybridized carbons (Fsp3) is 0. The summed E-state index contributed by atoms with van der Waals surface area (Å²) in [5.74, 6) is 0.674. The first-order chi connectivity index (χ1) is 18.2. The van der Waals surface area contributed by atoms with Crippen LogP contribution in [0.1, 0.15) is 0 Å². The molecule has 37 heavy (non-hydrogen) atoms. The summed E-state index contributed by atoms with van der Waals surface area (Å²) in [5.41, 5.74) is 6.75. The van der Waals surface area contributed by atoms with E-state index in [0.717, 1.165) is 55.0 Å². The van der Waals surface area contributed by atoms with Gasteiger partial charge in [0, 0.05) is 22.5 Å². The molecule has 0 aliphatic heterocycles. The van der Waals surface area contributed by atoms with Gasteiger partial charge in [-0.05, 0) is 51.9 Å². The minimum atomic E-state index is -0.133. The van der Waals surface area contributed by atoms with Crippen LogP contribution in [0.25, 0.3) is 66.2 Å². The maximum atomic E-state index is 13.2. The highest BCUT2D eigenvalue weighted by Gasteiger charge is 2.18. The molecule has 0 spiro atoms. The second-order valence-corrected chi connectivity index (χ2v) is 9.46. The van der Waals surface area contributed by atoms with Crippen molar-refractivity contribution >= 4 is 44.2 Å². The molecule has 0 saturated heterocycles. The van der Waals surface area contributed by atoms with Gasteiger partial charge in [0.1, 0.15) is 5.82 Å². The third-order valence-corrected chi connectivity index (χ3v) is 7.26. The van der Waals surface area contributed by atoms with Gasteiger partial charge in [0.25, 0.3) is 5.56 Å². The zero-order valence-electron chi connectivity index (χ0n) is 19.6. The zero-order chi connectivity index (χ0) is 24.9. The van der Waals surface area contributed by atoms with Crippen LogP contribution in [0.4, 0.5) is 0 Å². The number of nitrogens with zero attached hydrogens (tertiary/aromatic N) is 1. The van der Waals surface area contributed by atoms with E-state index in [4.69, 9.17) is 16.6 Å². The average molecular weight is 498 g/mol. The van der Waals surface area contributed by atoms with Gasteiger partial charge in [-0.3, -0.25) is 4.79 Å². The molecular formula is C32H20ClN3O. The molecule has 0 amide bonds. The van der Waals surface area contributed by atoms with Crippen molar-refractivity contribution in [2.24, 2.45) is 0 Å². The number of benzene rings is 5. The van der Waals surface area contributed by atoms with E-state index < -0.39 is 0 Å². The van der Waals surface area contributed by atoms with E-state index in [-0.39, 0.29) is 5.56 Å². The Bertz CT molecular complexity index is 2020. The standard InChI is InChI=1S/C32H20ClN3O/c33-27-13-7-6-12-24(27)31-35-29-23-15-14-20(22-11-5-4-10-21(22)19-8-2-1-3-9-19)18-26(23)28-25(30(29)36-31)16-17-34-32(28)37/h1-18H,(H,34,37)(H,35,36). The van der Waals surface area contributed by atoms with Gasteiger partial charge >= 0.3 is 0 Å². The monoisotopic (exact) mass is 497 g/mol. The number of aromatic amines is 2. The molecule has 0 aliphatic carbocycles. The molecule has 0 aliphatic rings. The molecule has 0 unspecified atom stereocenters. The topological polar surface area (TPSA) is 61.5 Å². The number of fused-ring (bicyclic) bond motifs is 6. The third kappa shape index (κ3) is 3.45. The Balaban J connectivity index is 1.55. The van der Waals surface area contributed by atoms with Crippen molar-refractivity contribution in [3.63, 3.8) is 0 Å². The van der Waals surface area contributed by atoms with Gasteiger partial charge in [-0.25, -0.2) is 4.98 Å². The van der Waals surface area contributed by atoms with Crippen LogP contribution in [0, 0.1) is 0 Å². The number of hydrogen-bond acceptors (Lipinski definition) is 2. The van der Waals surface area contributed by atoms with Crippen LogP contribution in [0.15, 0.2) is 114 Å². The number of rotatable bonds is 3. The Labute approximate surface area is 217 Å². The molecule has 5 aromatic carbocycles. The molecule has 7 rings (SSSR count). The van der Waals surface area contributed by atoms with Crippen molar-refractivity contribution in [1.82, 2.24) is 15.0 Å². The summed E-state index contributed by atoms with van der Waals surface area (Å²) >= 11 is 6.49. The molecule has 0 radical (unpaired) electrons. The van der Waals surface area contributed by atoms with Gasteiger partial charge in [0.05, 0.1) is 21.4 Å². The van der Waals surface area contributed by atoms with Crippen LogP contribution in [-0.2, 0) is 0 Å². The fourth-order valence-corrected chi connectivity index (χ4v) is 5.45. The van der Waals surface area contributed by atoms with Crippen molar-refractivity contribution < 1.29 is 0 Å². The Morgan fingerprint density at radius 2 is 1.35 bits per heavy atom. The normalized spacial score (nSPS) is 11.5. The predicted octanol–water partition coefficient (Wildman–Crippen LogP) is 8.21. The summed E-state index contributed by atoms with van der Waals surface area (Å²) in [6.07, 6.45) is 1.68. The van der Waals surface area contributed by atoms with Gasteiger partial charge in [0.2, 0.25) is 0 Å². The fourth-order valence-electron chi connectivity index (χ4n) is 5.23. The Hall–Kier alpha value is -4.67. The zero-order valence-corrected chi connectivity index (χ0v) is 20.4. The second kappa shape index (κ2) is 8.47. The molecule has 7 aromatic rings. The average Bonchev–Trinajstić information content (AvgIpc) is 3.39. The van der Waals surface area contributed by atoms with Crippen molar-refractivity contribution in [1.29, 1.82) is 0 Å². The lowest BCUT2D eigenvalue weighted by Crippen LogP contribution is -2.05. The molecule has 2 N–H and O–H groups in total. The van der Waals surface area contributed by atoms with Crippen molar-refractivity contribution in [2.45, 2.75) is 0 Å². The van der Waals surface area contributed by atoms with E-state index in [2.05, 4.69) is 58.5 Å². The van der Waals surface area contributed by atoms with E-state index in [1.165, 1.54) is 0 Å². The van der Waals surface area contributed by atoms with Gasteiger partial charge in [-0.15, -0.1) is 0 Å². The Morgan fingerprint density at radius 3 is 2.14 bits per heavy atom. The molecule has 0 bridgehead atoms. The van der Waals surface area contributed by atoms with Crippen LogP contribution in [0.2, 0.25) is 5.02 Å². The summed E-state index contributed by atoms with van der Waals surface area (Å²) < 4.78 is 0. The number of hydrogen-bond donors (Lipinski definition) is 2. The van der Waals surface area contributed by atoms with Crippen LogP contribution in [0.5, 0.6) is 0 Å². The van der Waals surface area contributed by atoms with Crippen LogP contribution in [-0.4, -0.2) is 15.0 Å². The van der Waals surface area contributed by atoms with E-state index in [1.807, 2.05) is 54.6 Å². The lowest BCUT2D eigenvalue weighted by molar-refractivity contribution is 1.28. The summed E-state index contributed by atoms with van der Waals surface area (Å²) in [4.78, 5) is 24.5. The minimum absolute atomic E-state index is 0.133. The molecule has 0 fully saturated rings. The van der Waals surface area contributed by atoms with Gasteiger partial charge in [0.15, 0.2) is 0 Å². The number of imidazole rings is 1. The molecule has 0 atom stereocenters. The number of halogens is 1. The lowest BCUT2D eigenvalue weighted by atomic mass is 9.92. The maximum Gasteiger partial charge on any atom is 0.256 e. The molecule has 176 valence electrons. The molecule has 2 aromatic heterocycles. The summed E-state index contributed by atoms with van der Waals surface area (Å²) in [6.45, 7) is 0. The van der Waals surface area contributed by atoms with Crippen LogP contribution >= 0.6 is 11.6 Å². The first kappa shape index (κ1) is 21.6. The number of pyridine rings is 1. The Kier molecular flexibility index (Phi) is 4.95. The van der Waals surface area contributed by atoms with Crippen molar-refractivity contribution in [2.75, 3.05) is 0 Å². The quantitative estimate of drug-likeness (QED) is 0.241. The van der Waals surface area contributed by atoms with E-state index in [1.54, 1.807) is 6.20 Å². The van der Waals surface area contributed by atoms with E-state index in [0.29, 0.717) is 16.2 Å². The highest BCUT2D eigenvalue weighted by molar-refractivity contribution is 6.33. The summed E-state index contributed by atoms with van der Waals surface area (Å²) in [5, 5.41) is 3.85. The van der Waals surface area contributed by atoms with Gasteiger partial charge in [-0.2, -0.15) is 0 Å². The van der Waals surface area contributed by atoms with Crippen molar-refractivity contribution in [3.8, 4) is 33.6 Å². The minimum Gasteiger partial charge on any atom is -0.337 e. The van der Waals surface area contributed by atoms with E-state index in [9.17, 15) is 4.79 Å². The van der Waals surface area contributed by atoms with Gasteiger partial charge in [-0.1, -0.05) is 90.5 Å². The number of H-pyrrole nitrogens is 2. The predicted molar refractivity (Wildman–Crippen MR) is 153 cm³/mol. The van der Waals surface area contributed by atoms with E-state index >= 15 is 0 Å².